The molecule has 0 aliphatic heterocycles. The topological polar surface area (TPSA) is 67.2 Å². The molecule has 0 rings (SSSR count). The van der Waals surface area contributed by atoms with Crippen LogP contribution in [0.25, 0.3) is 0 Å². The molecule has 0 aliphatic rings. The van der Waals surface area contributed by atoms with Gasteiger partial charge in [0.25, 0.3) is 0 Å². The Labute approximate surface area is 68.9 Å². The Morgan fingerprint density at radius 1 is 1.58 bits per heavy atom. The summed E-state index contributed by atoms with van der Waals surface area (Å²) < 4.78 is 49.0. The zero-order valence-electron chi connectivity index (χ0n) is 6.25. The van der Waals surface area contributed by atoms with Gasteiger partial charge in [-0.25, -0.2) is 0 Å². The Bertz CT molecular complexity index is 274. The molecule has 0 aromatic carbocycles. The van der Waals surface area contributed by atoms with Crippen molar-refractivity contribution < 1.29 is 21.4 Å². The van der Waals surface area contributed by atoms with Gasteiger partial charge in [0.05, 0.1) is 19.1 Å². The van der Waals surface area contributed by atoms with Crippen LogP contribution in [0.15, 0.2) is 0 Å². The summed E-state index contributed by atoms with van der Waals surface area (Å²) in [4.78, 5) is 0. The van der Waals surface area contributed by atoms with Gasteiger partial charge in [0.2, 0.25) is 0 Å². The van der Waals surface area contributed by atoms with Crippen molar-refractivity contribution in [2.24, 2.45) is 0 Å². The van der Waals surface area contributed by atoms with Gasteiger partial charge in [0.15, 0.2) is 0 Å². The first-order valence-electron chi connectivity index (χ1n) is 2.95. The van der Waals surface area contributed by atoms with Crippen LogP contribution in [0.5, 0.6) is 0 Å². The first-order valence-corrected chi connectivity index (χ1v) is 4.36. The fraction of sp³-hybridized carbons (Fsp3) is 0.800. The molecule has 0 aromatic rings. The first kappa shape index (κ1) is 11.3. The SMILES string of the molecule is CC(F)(F)S(=O)(=O)OCCC#N. The lowest BCUT2D eigenvalue weighted by atomic mass is 10.5. The molecule has 0 unspecified atom stereocenters. The smallest absolute Gasteiger partial charge is 0.264 e. The van der Waals surface area contributed by atoms with Gasteiger partial charge in [0, 0.05) is 6.92 Å². The van der Waals surface area contributed by atoms with E-state index in [0.29, 0.717) is 0 Å². The number of rotatable bonds is 4. The van der Waals surface area contributed by atoms with Crippen LogP contribution < -0.4 is 0 Å². The van der Waals surface area contributed by atoms with Gasteiger partial charge in [0.1, 0.15) is 0 Å². The van der Waals surface area contributed by atoms with Crippen LogP contribution in [0, 0.1) is 11.3 Å². The van der Waals surface area contributed by atoms with Gasteiger partial charge < -0.3 is 0 Å². The molecule has 0 heterocycles. The number of nitrogens with zero attached hydrogens (tertiary/aromatic N) is 1. The van der Waals surface area contributed by atoms with Crippen LogP contribution in [-0.4, -0.2) is 20.3 Å². The molecule has 0 aliphatic carbocycles. The van der Waals surface area contributed by atoms with E-state index < -0.39 is 22.0 Å². The lowest BCUT2D eigenvalue weighted by Crippen LogP contribution is -2.27. The second-order valence-corrected chi connectivity index (χ2v) is 3.85. The van der Waals surface area contributed by atoms with Crippen molar-refractivity contribution in [3.05, 3.63) is 0 Å². The molecule has 12 heavy (non-hydrogen) atoms. The molecule has 0 aromatic heterocycles. The standard InChI is InChI=1S/C5H7F2NO3S/c1-5(6,7)12(9,10)11-4-2-3-8/h2,4H2,1H3. The Hall–Kier alpha value is -0.740. The predicted octanol–water partition coefficient (Wildman–Crippen LogP) is 0.859. The highest BCUT2D eigenvalue weighted by molar-refractivity contribution is 7.87. The Morgan fingerprint density at radius 2 is 2.08 bits per heavy atom. The minimum atomic E-state index is -4.85. The highest BCUT2D eigenvalue weighted by atomic mass is 32.2. The Kier molecular flexibility index (Phi) is 3.55. The molecule has 0 atom stereocenters. The molecule has 0 radical (unpaired) electrons. The summed E-state index contributed by atoms with van der Waals surface area (Å²) in [5.74, 6) is 0. The number of hydrogen-bond donors (Lipinski definition) is 0. The maximum atomic E-state index is 12.1. The summed E-state index contributed by atoms with van der Waals surface area (Å²) in [7, 11) is -4.85. The molecular weight excluding hydrogens is 192 g/mol. The van der Waals surface area contributed by atoms with Gasteiger partial charge in [-0.2, -0.15) is 22.5 Å². The maximum absolute atomic E-state index is 12.1. The van der Waals surface area contributed by atoms with E-state index >= 15 is 0 Å². The summed E-state index contributed by atoms with van der Waals surface area (Å²) in [6.07, 6.45) is -0.241. The summed E-state index contributed by atoms with van der Waals surface area (Å²) in [5.41, 5.74) is 0. The van der Waals surface area contributed by atoms with Crippen molar-refractivity contribution in [1.82, 2.24) is 0 Å². The second-order valence-electron chi connectivity index (χ2n) is 1.99. The van der Waals surface area contributed by atoms with Crippen LogP contribution in [-0.2, 0) is 14.3 Å². The molecule has 0 amide bonds. The van der Waals surface area contributed by atoms with Crippen molar-refractivity contribution in [2.45, 2.75) is 18.6 Å². The Balaban J connectivity index is 4.19. The third-order valence-electron chi connectivity index (χ3n) is 0.891. The summed E-state index contributed by atoms with van der Waals surface area (Å²) in [5, 5.41) is 4.04. The molecule has 7 heteroatoms. The Morgan fingerprint density at radius 3 is 2.42 bits per heavy atom. The van der Waals surface area contributed by atoms with E-state index in [9.17, 15) is 17.2 Å². The molecule has 0 saturated heterocycles. The second kappa shape index (κ2) is 3.78. The maximum Gasteiger partial charge on any atom is 0.367 e. The van der Waals surface area contributed by atoms with Gasteiger partial charge in [-0.3, -0.25) is 4.18 Å². The first-order chi connectivity index (χ1) is 5.31. The quantitative estimate of drug-likeness (QED) is 0.497. The predicted molar refractivity (Wildman–Crippen MR) is 35.7 cm³/mol. The molecule has 4 nitrogen and oxygen atoms in total. The van der Waals surface area contributed by atoms with Crippen LogP contribution in [0.3, 0.4) is 0 Å². The van der Waals surface area contributed by atoms with Gasteiger partial charge >= 0.3 is 15.4 Å². The number of alkyl halides is 2. The van der Waals surface area contributed by atoms with E-state index in [1.807, 2.05) is 0 Å². The van der Waals surface area contributed by atoms with E-state index in [1.54, 1.807) is 6.07 Å². The minimum absolute atomic E-state index is 0.217. The van der Waals surface area contributed by atoms with E-state index in [2.05, 4.69) is 4.18 Å². The summed E-state index contributed by atoms with van der Waals surface area (Å²) >= 11 is 0. The van der Waals surface area contributed by atoms with Crippen LogP contribution in [0.4, 0.5) is 8.78 Å². The van der Waals surface area contributed by atoms with Gasteiger partial charge in [-0.05, 0) is 0 Å². The summed E-state index contributed by atoms with van der Waals surface area (Å²) in [6.45, 7) is -0.322. The van der Waals surface area contributed by atoms with Crippen molar-refractivity contribution >= 4 is 10.1 Å². The molecule has 0 N–H and O–H groups in total. The number of halogens is 2. The molecule has 0 saturated carbocycles. The van der Waals surface area contributed by atoms with E-state index in [0.717, 1.165) is 0 Å². The molecule has 0 spiro atoms. The van der Waals surface area contributed by atoms with Crippen LogP contribution in [0.2, 0.25) is 0 Å². The van der Waals surface area contributed by atoms with Crippen molar-refractivity contribution in [1.29, 1.82) is 5.26 Å². The third-order valence-corrected chi connectivity index (χ3v) is 2.25. The van der Waals surface area contributed by atoms with Crippen molar-refractivity contribution in [2.75, 3.05) is 6.61 Å². The van der Waals surface area contributed by atoms with Gasteiger partial charge in [-0.1, -0.05) is 0 Å². The zero-order chi connectivity index (χ0) is 9.83. The lowest BCUT2D eigenvalue weighted by molar-refractivity contribution is 0.0936. The highest BCUT2D eigenvalue weighted by Gasteiger charge is 2.40. The zero-order valence-corrected chi connectivity index (χ0v) is 7.07. The van der Waals surface area contributed by atoms with Gasteiger partial charge in [-0.15, -0.1) is 0 Å². The highest BCUT2D eigenvalue weighted by Crippen LogP contribution is 2.21. The summed E-state index contributed by atoms with van der Waals surface area (Å²) in [6, 6.07) is 1.56. The molecular formula is C5H7F2NO3S. The lowest BCUT2D eigenvalue weighted by Gasteiger charge is -2.09. The monoisotopic (exact) mass is 199 g/mol. The fourth-order valence-corrected chi connectivity index (χ4v) is 0.810. The average molecular weight is 199 g/mol. The largest absolute Gasteiger partial charge is 0.367 e. The van der Waals surface area contributed by atoms with E-state index in [4.69, 9.17) is 5.26 Å². The van der Waals surface area contributed by atoms with Crippen molar-refractivity contribution in [3.8, 4) is 6.07 Å². The average Bonchev–Trinajstić information content (AvgIpc) is 1.85. The number of nitriles is 1. The number of hydrogen-bond acceptors (Lipinski definition) is 4. The fourth-order valence-electron chi connectivity index (χ4n) is 0.300. The third kappa shape index (κ3) is 3.11. The molecule has 70 valence electrons. The van der Waals surface area contributed by atoms with Crippen LogP contribution in [0.1, 0.15) is 13.3 Å². The minimum Gasteiger partial charge on any atom is -0.264 e. The van der Waals surface area contributed by atoms with E-state index in [-0.39, 0.29) is 13.3 Å². The normalized spacial score (nSPS) is 12.5. The van der Waals surface area contributed by atoms with Crippen molar-refractivity contribution in [3.63, 3.8) is 0 Å². The van der Waals surface area contributed by atoms with Crippen LogP contribution >= 0.6 is 0 Å². The molecule has 0 fully saturated rings. The van der Waals surface area contributed by atoms with E-state index in [1.165, 1.54) is 0 Å². The molecule has 0 bridgehead atoms.